The first kappa shape index (κ1) is 20.0. The lowest BCUT2D eigenvalue weighted by atomic mass is 10.1. The van der Waals surface area contributed by atoms with E-state index in [-0.39, 0.29) is 31.6 Å². The Balaban J connectivity index is 1.61. The molecule has 3 atom stereocenters. The summed E-state index contributed by atoms with van der Waals surface area (Å²) in [5, 5.41) is 19.3. The minimum absolute atomic E-state index is 0.119. The minimum atomic E-state index is -0.756. The number of hydrogen-bond donors (Lipinski definition) is 2. The van der Waals surface area contributed by atoms with Crippen LogP contribution in [0.3, 0.4) is 0 Å². The highest BCUT2D eigenvalue weighted by Gasteiger charge is 2.42. The SMILES string of the molecule is O=C([C@@H]1CCCN1C(=O)OCc1ccccc1)N1CSCC1[C@H](O)CCO. The van der Waals surface area contributed by atoms with Crippen LogP contribution < -0.4 is 0 Å². The van der Waals surface area contributed by atoms with Crippen LogP contribution in [-0.4, -0.2) is 75.0 Å². The molecule has 0 bridgehead atoms. The summed E-state index contributed by atoms with van der Waals surface area (Å²) in [5.41, 5.74) is 0.899. The summed E-state index contributed by atoms with van der Waals surface area (Å²) in [6.45, 7) is 0.551. The van der Waals surface area contributed by atoms with E-state index >= 15 is 0 Å². The van der Waals surface area contributed by atoms with Crippen LogP contribution >= 0.6 is 11.8 Å². The predicted molar refractivity (Wildman–Crippen MR) is 102 cm³/mol. The molecule has 1 unspecified atom stereocenters. The van der Waals surface area contributed by atoms with Gasteiger partial charge in [0, 0.05) is 18.9 Å². The van der Waals surface area contributed by atoms with Crippen molar-refractivity contribution in [2.24, 2.45) is 0 Å². The molecule has 3 rings (SSSR count). The Bertz CT molecular complexity index is 644. The third-order valence-electron chi connectivity index (χ3n) is 5.05. The Morgan fingerprint density at radius 1 is 1.26 bits per heavy atom. The van der Waals surface area contributed by atoms with E-state index in [2.05, 4.69) is 0 Å². The van der Waals surface area contributed by atoms with Crippen LogP contribution in [0.1, 0.15) is 24.8 Å². The second kappa shape index (κ2) is 9.43. The first-order valence-electron chi connectivity index (χ1n) is 9.26. The van der Waals surface area contributed by atoms with E-state index in [0.717, 1.165) is 12.0 Å². The standard InChI is InChI=1S/C19H26N2O5S/c22-10-8-17(23)16-12-27-13-21(16)18(24)15-7-4-9-20(15)19(25)26-11-14-5-2-1-3-6-14/h1-3,5-6,15-17,22-23H,4,7-13H2/t15-,16?,17+/m0/s1. The fraction of sp³-hybridized carbons (Fsp3) is 0.579. The summed E-state index contributed by atoms with van der Waals surface area (Å²) >= 11 is 1.58. The van der Waals surface area contributed by atoms with Crippen LogP contribution in [0.2, 0.25) is 0 Å². The molecule has 27 heavy (non-hydrogen) atoms. The van der Waals surface area contributed by atoms with Crippen molar-refractivity contribution in [3.8, 4) is 0 Å². The van der Waals surface area contributed by atoms with E-state index in [4.69, 9.17) is 9.84 Å². The average molecular weight is 394 g/mol. The molecule has 1 aromatic rings. The summed E-state index contributed by atoms with van der Waals surface area (Å²) in [7, 11) is 0. The lowest BCUT2D eigenvalue weighted by Crippen LogP contribution is -2.52. The molecule has 148 valence electrons. The molecule has 0 spiro atoms. The monoisotopic (exact) mass is 394 g/mol. The molecule has 2 amide bonds. The number of rotatable bonds is 6. The van der Waals surface area contributed by atoms with Crippen LogP contribution in [0.4, 0.5) is 4.79 Å². The molecular formula is C19H26N2O5S. The van der Waals surface area contributed by atoms with Crippen LogP contribution in [-0.2, 0) is 16.1 Å². The zero-order chi connectivity index (χ0) is 19.2. The summed E-state index contributed by atoms with van der Waals surface area (Å²) in [5.74, 6) is 0.990. The minimum Gasteiger partial charge on any atom is -0.445 e. The van der Waals surface area contributed by atoms with Crippen molar-refractivity contribution in [2.45, 2.75) is 44.1 Å². The van der Waals surface area contributed by atoms with E-state index in [1.54, 1.807) is 16.7 Å². The van der Waals surface area contributed by atoms with Crippen molar-refractivity contribution in [3.63, 3.8) is 0 Å². The van der Waals surface area contributed by atoms with Gasteiger partial charge < -0.3 is 19.8 Å². The maximum atomic E-state index is 13.0. The normalized spacial score (nSPS) is 23.5. The maximum absolute atomic E-state index is 13.0. The Labute approximate surface area is 163 Å². The molecule has 8 heteroatoms. The van der Waals surface area contributed by atoms with Crippen molar-refractivity contribution in [2.75, 3.05) is 24.8 Å². The number of thioether (sulfide) groups is 1. The number of hydrogen-bond acceptors (Lipinski definition) is 6. The molecule has 2 saturated heterocycles. The van der Waals surface area contributed by atoms with E-state index < -0.39 is 18.2 Å². The third kappa shape index (κ3) is 4.75. The van der Waals surface area contributed by atoms with Crippen LogP contribution in [0.25, 0.3) is 0 Å². The smallest absolute Gasteiger partial charge is 0.410 e. The van der Waals surface area contributed by atoms with E-state index in [9.17, 15) is 14.7 Å². The second-order valence-corrected chi connectivity index (χ2v) is 7.85. The molecule has 1 aromatic carbocycles. The number of nitrogens with zero attached hydrogens (tertiary/aromatic N) is 2. The first-order chi connectivity index (χ1) is 13.1. The zero-order valence-electron chi connectivity index (χ0n) is 15.2. The van der Waals surface area contributed by atoms with Crippen molar-refractivity contribution >= 4 is 23.8 Å². The average Bonchev–Trinajstić information content (AvgIpc) is 3.36. The quantitative estimate of drug-likeness (QED) is 0.759. The molecule has 2 aliphatic heterocycles. The number of carbonyl (C=O) groups excluding carboxylic acids is 2. The number of aliphatic hydroxyl groups is 2. The first-order valence-corrected chi connectivity index (χ1v) is 10.4. The van der Waals surface area contributed by atoms with Crippen molar-refractivity contribution in [3.05, 3.63) is 35.9 Å². The highest BCUT2D eigenvalue weighted by Crippen LogP contribution is 2.29. The summed E-state index contributed by atoms with van der Waals surface area (Å²) in [6.07, 6.45) is 0.357. The van der Waals surface area contributed by atoms with Gasteiger partial charge in [0.25, 0.3) is 0 Å². The van der Waals surface area contributed by atoms with E-state index in [1.165, 1.54) is 4.90 Å². The zero-order valence-corrected chi connectivity index (χ0v) is 16.0. The number of benzene rings is 1. The lowest BCUT2D eigenvalue weighted by molar-refractivity contribution is -0.138. The van der Waals surface area contributed by atoms with Gasteiger partial charge in [-0.3, -0.25) is 9.69 Å². The Kier molecular flexibility index (Phi) is 6.98. The second-order valence-electron chi connectivity index (χ2n) is 6.85. The van der Waals surface area contributed by atoms with E-state index in [0.29, 0.717) is 24.6 Å². The van der Waals surface area contributed by atoms with Gasteiger partial charge in [0.05, 0.1) is 18.0 Å². The molecule has 0 aliphatic carbocycles. The molecule has 2 N–H and O–H groups in total. The van der Waals surface area contributed by atoms with E-state index in [1.807, 2.05) is 30.3 Å². The molecule has 2 aliphatic rings. The maximum Gasteiger partial charge on any atom is 0.410 e. The predicted octanol–water partition coefficient (Wildman–Crippen LogP) is 1.43. The number of aliphatic hydroxyl groups excluding tert-OH is 2. The Morgan fingerprint density at radius 2 is 2.04 bits per heavy atom. The fourth-order valence-electron chi connectivity index (χ4n) is 3.56. The van der Waals surface area contributed by atoms with Gasteiger partial charge in [0.2, 0.25) is 5.91 Å². The number of ether oxygens (including phenoxy) is 1. The molecule has 0 aromatic heterocycles. The van der Waals surface area contributed by atoms with Crippen molar-refractivity contribution < 1.29 is 24.5 Å². The summed E-state index contributed by atoms with van der Waals surface area (Å²) in [6, 6.07) is 8.56. The molecule has 0 saturated carbocycles. The molecule has 2 heterocycles. The topological polar surface area (TPSA) is 90.3 Å². The largest absolute Gasteiger partial charge is 0.445 e. The molecule has 7 nitrogen and oxygen atoms in total. The van der Waals surface area contributed by atoms with Gasteiger partial charge in [0.1, 0.15) is 12.6 Å². The van der Waals surface area contributed by atoms with Gasteiger partial charge in [-0.25, -0.2) is 4.79 Å². The van der Waals surface area contributed by atoms with Gasteiger partial charge in [0.15, 0.2) is 0 Å². The summed E-state index contributed by atoms with van der Waals surface area (Å²) in [4.78, 5) is 28.7. The highest BCUT2D eigenvalue weighted by atomic mass is 32.2. The van der Waals surface area contributed by atoms with Crippen molar-refractivity contribution in [1.29, 1.82) is 0 Å². The Morgan fingerprint density at radius 3 is 2.78 bits per heavy atom. The molecule has 2 fully saturated rings. The highest BCUT2D eigenvalue weighted by molar-refractivity contribution is 7.99. The van der Waals surface area contributed by atoms with Gasteiger partial charge in [-0.05, 0) is 24.8 Å². The van der Waals surface area contributed by atoms with Gasteiger partial charge in [-0.1, -0.05) is 30.3 Å². The lowest BCUT2D eigenvalue weighted by Gasteiger charge is -2.32. The Hall–Kier alpha value is -1.77. The van der Waals surface area contributed by atoms with Gasteiger partial charge in [-0.2, -0.15) is 0 Å². The molecular weight excluding hydrogens is 368 g/mol. The number of amides is 2. The van der Waals surface area contributed by atoms with Crippen LogP contribution in [0.5, 0.6) is 0 Å². The third-order valence-corrected chi connectivity index (χ3v) is 6.09. The van der Waals surface area contributed by atoms with Crippen LogP contribution in [0.15, 0.2) is 30.3 Å². The fourth-order valence-corrected chi connectivity index (χ4v) is 4.83. The summed E-state index contributed by atoms with van der Waals surface area (Å²) < 4.78 is 5.40. The molecule has 0 radical (unpaired) electrons. The van der Waals surface area contributed by atoms with Gasteiger partial charge >= 0.3 is 6.09 Å². The van der Waals surface area contributed by atoms with Crippen LogP contribution in [0, 0.1) is 0 Å². The number of carbonyl (C=O) groups is 2. The van der Waals surface area contributed by atoms with Gasteiger partial charge in [-0.15, -0.1) is 11.8 Å². The number of likely N-dealkylation sites (tertiary alicyclic amines) is 1. The van der Waals surface area contributed by atoms with Crippen molar-refractivity contribution in [1.82, 2.24) is 9.80 Å².